The second-order valence-corrected chi connectivity index (χ2v) is 4.11. The second-order valence-electron chi connectivity index (χ2n) is 3.70. The number of benzene rings is 2. The number of halogens is 3. The molecular weight excluding hydrogens is 244 g/mol. The zero-order valence-corrected chi connectivity index (χ0v) is 9.59. The van der Waals surface area contributed by atoms with Crippen molar-refractivity contribution < 1.29 is 8.78 Å². The Morgan fingerprint density at radius 2 is 1.53 bits per heavy atom. The van der Waals surface area contributed by atoms with E-state index < -0.39 is 11.9 Å². The van der Waals surface area contributed by atoms with Gasteiger partial charge in [-0.2, -0.15) is 0 Å². The van der Waals surface area contributed by atoms with Crippen LogP contribution in [0.15, 0.2) is 42.5 Å². The fourth-order valence-electron chi connectivity index (χ4n) is 1.57. The molecule has 0 fully saturated rings. The molecule has 0 bridgehead atoms. The maximum atomic E-state index is 13.3. The van der Waals surface area contributed by atoms with Gasteiger partial charge in [0.05, 0.1) is 11.1 Å². The third kappa shape index (κ3) is 2.62. The summed E-state index contributed by atoms with van der Waals surface area (Å²) in [5.41, 5.74) is 7.26. The molecule has 0 spiro atoms. The molecule has 2 rings (SSSR count). The van der Waals surface area contributed by atoms with Crippen LogP contribution >= 0.6 is 11.6 Å². The summed E-state index contributed by atoms with van der Waals surface area (Å²) < 4.78 is 26.0. The fourth-order valence-corrected chi connectivity index (χ4v) is 1.69. The van der Waals surface area contributed by atoms with Gasteiger partial charge in [-0.3, -0.25) is 0 Å². The van der Waals surface area contributed by atoms with Crippen LogP contribution in [-0.2, 0) is 0 Å². The lowest BCUT2D eigenvalue weighted by atomic mass is 10.00. The highest BCUT2D eigenvalue weighted by molar-refractivity contribution is 6.30. The number of hydrogen-bond donors (Lipinski definition) is 1. The van der Waals surface area contributed by atoms with E-state index >= 15 is 0 Å². The van der Waals surface area contributed by atoms with Crippen LogP contribution in [-0.4, -0.2) is 0 Å². The van der Waals surface area contributed by atoms with Gasteiger partial charge in [-0.15, -0.1) is 0 Å². The first-order chi connectivity index (χ1) is 8.08. The van der Waals surface area contributed by atoms with Crippen molar-refractivity contribution in [1.82, 2.24) is 0 Å². The van der Waals surface area contributed by atoms with Gasteiger partial charge >= 0.3 is 0 Å². The molecule has 0 heterocycles. The summed E-state index contributed by atoms with van der Waals surface area (Å²) in [6.45, 7) is 0. The number of nitrogens with two attached hydrogens (primary N) is 1. The predicted molar refractivity (Wildman–Crippen MR) is 63.8 cm³/mol. The van der Waals surface area contributed by atoms with Crippen molar-refractivity contribution in [3.63, 3.8) is 0 Å². The van der Waals surface area contributed by atoms with E-state index in [4.69, 9.17) is 17.3 Å². The smallest absolute Gasteiger partial charge is 0.142 e. The first-order valence-corrected chi connectivity index (χ1v) is 5.41. The van der Waals surface area contributed by atoms with Crippen LogP contribution in [0, 0.1) is 11.6 Å². The molecule has 2 aromatic rings. The molecule has 1 unspecified atom stereocenters. The molecular formula is C13H10ClF2N. The van der Waals surface area contributed by atoms with Gasteiger partial charge in [0.2, 0.25) is 0 Å². The lowest BCUT2D eigenvalue weighted by molar-refractivity contribution is 0.622. The highest BCUT2D eigenvalue weighted by Gasteiger charge is 2.11. The summed E-state index contributed by atoms with van der Waals surface area (Å²) >= 11 is 5.59. The van der Waals surface area contributed by atoms with Gasteiger partial charge in [-0.1, -0.05) is 29.8 Å². The fraction of sp³-hybridized carbons (Fsp3) is 0.0769. The molecule has 0 aliphatic rings. The third-order valence-corrected chi connectivity index (χ3v) is 2.84. The van der Waals surface area contributed by atoms with Crippen molar-refractivity contribution in [2.45, 2.75) is 6.04 Å². The molecule has 0 radical (unpaired) electrons. The standard InChI is InChI=1S/C13H10ClF2N/c14-11-6-3-9(7-12(11)16)13(17)8-1-4-10(15)5-2-8/h1-7,13H,17H2. The van der Waals surface area contributed by atoms with Gasteiger partial charge in [0, 0.05) is 0 Å². The van der Waals surface area contributed by atoms with E-state index in [0.717, 1.165) is 0 Å². The highest BCUT2D eigenvalue weighted by atomic mass is 35.5. The molecule has 17 heavy (non-hydrogen) atoms. The summed E-state index contributed by atoms with van der Waals surface area (Å²) in [5.74, 6) is -0.843. The lowest BCUT2D eigenvalue weighted by Gasteiger charge is -2.12. The quantitative estimate of drug-likeness (QED) is 0.868. The second kappa shape index (κ2) is 4.82. The summed E-state index contributed by atoms with van der Waals surface area (Å²) in [4.78, 5) is 0. The normalized spacial score (nSPS) is 12.5. The van der Waals surface area contributed by atoms with Crippen molar-refractivity contribution in [3.05, 3.63) is 70.2 Å². The minimum Gasteiger partial charge on any atom is -0.320 e. The van der Waals surface area contributed by atoms with E-state index in [1.165, 1.54) is 24.3 Å². The molecule has 1 nitrogen and oxygen atoms in total. The van der Waals surface area contributed by atoms with Crippen molar-refractivity contribution >= 4 is 11.6 Å². The van der Waals surface area contributed by atoms with E-state index in [9.17, 15) is 8.78 Å². The predicted octanol–water partition coefficient (Wildman–Crippen LogP) is 3.67. The largest absolute Gasteiger partial charge is 0.320 e. The third-order valence-electron chi connectivity index (χ3n) is 2.53. The Balaban J connectivity index is 2.33. The molecule has 0 aliphatic carbocycles. The van der Waals surface area contributed by atoms with Crippen LogP contribution in [0.25, 0.3) is 0 Å². The van der Waals surface area contributed by atoms with Crippen LogP contribution in [0.2, 0.25) is 5.02 Å². The van der Waals surface area contributed by atoms with E-state index in [2.05, 4.69) is 0 Å². The average Bonchev–Trinajstić information content (AvgIpc) is 2.33. The molecule has 4 heteroatoms. The van der Waals surface area contributed by atoms with Gasteiger partial charge < -0.3 is 5.73 Å². The van der Waals surface area contributed by atoms with Crippen LogP contribution in [0.4, 0.5) is 8.78 Å². The lowest BCUT2D eigenvalue weighted by Crippen LogP contribution is -2.12. The molecule has 0 amide bonds. The maximum Gasteiger partial charge on any atom is 0.142 e. The van der Waals surface area contributed by atoms with E-state index in [1.54, 1.807) is 18.2 Å². The van der Waals surface area contributed by atoms with Crippen molar-refractivity contribution in [2.24, 2.45) is 5.73 Å². The Labute approximate surface area is 103 Å². The van der Waals surface area contributed by atoms with Gasteiger partial charge in [0.1, 0.15) is 11.6 Å². The van der Waals surface area contributed by atoms with Crippen LogP contribution in [0.1, 0.15) is 17.2 Å². The molecule has 2 N–H and O–H groups in total. The van der Waals surface area contributed by atoms with E-state index in [-0.39, 0.29) is 10.8 Å². The van der Waals surface area contributed by atoms with Gasteiger partial charge in [0.15, 0.2) is 0 Å². The topological polar surface area (TPSA) is 26.0 Å². The van der Waals surface area contributed by atoms with Gasteiger partial charge in [-0.05, 0) is 35.4 Å². The first kappa shape index (κ1) is 12.0. The summed E-state index contributed by atoms with van der Waals surface area (Å²) in [5, 5.41) is 0.0556. The van der Waals surface area contributed by atoms with Gasteiger partial charge in [-0.25, -0.2) is 8.78 Å². The molecule has 0 aliphatic heterocycles. The van der Waals surface area contributed by atoms with Gasteiger partial charge in [0.25, 0.3) is 0 Å². The SMILES string of the molecule is NC(c1ccc(F)cc1)c1ccc(Cl)c(F)c1. The van der Waals surface area contributed by atoms with Crippen molar-refractivity contribution in [3.8, 4) is 0 Å². The summed E-state index contributed by atoms with van der Waals surface area (Å²) in [6.07, 6.45) is 0. The average molecular weight is 254 g/mol. The molecule has 2 aromatic carbocycles. The Bertz CT molecular complexity index is 525. The zero-order chi connectivity index (χ0) is 12.4. The molecule has 0 aromatic heterocycles. The van der Waals surface area contributed by atoms with Crippen LogP contribution in [0.5, 0.6) is 0 Å². The Morgan fingerprint density at radius 3 is 2.12 bits per heavy atom. The summed E-state index contributed by atoms with van der Waals surface area (Å²) in [7, 11) is 0. The Hall–Kier alpha value is -1.45. The highest BCUT2D eigenvalue weighted by Crippen LogP contribution is 2.23. The Kier molecular flexibility index (Phi) is 3.41. The molecule has 0 saturated heterocycles. The van der Waals surface area contributed by atoms with Crippen LogP contribution in [0.3, 0.4) is 0 Å². The number of hydrogen-bond acceptors (Lipinski definition) is 1. The molecule has 1 atom stereocenters. The summed E-state index contributed by atoms with van der Waals surface area (Å²) in [6, 6.07) is 9.69. The van der Waals surface area contributed by atoms with Crippen LogP contribution < -0.4 is 5.73 Å². The molecule has 0 saturated carbocycles. The maximum absolute atomic E-state index is 13.3. The first-order valence-electron chi connectivity index (χ1n) is 5.04. The van der Waals surface area contributed by atoms with Crippen molar-refractivity contribution in [2.75, 3.05) is 0 Å². The van der Waals surface area contributed by atoms with Crippen molar-refractivity contribution in [1.29, 1.82) is 0 Å². The van der Waals surface area contributed by atoms with E-state index in [0.29, 0.717) is 11.1 Å². The number of rotatable bonds is 2. The Morgan fingerprint density at radius 1 is 0.941 bits per heavy atom. The monoisotopic (exact) mass is 253 g/mol. The van der Waals surface area contributed by atoms with E-state index in [1.807, 2.05) is 0 Å². The minimum absolute atomic E-state index is 0.0556. The molecule has 88 valence electrons. The minimum atomic E-state index is -0.512. The zero-order valence-electron chi connectivity index (χ0n) is 8.83.